The smallest absolute Gasteiger partial charge is 0.317 e. The first-order valence-electron chi connectivity index (χ1n) is 7.34. The lowest BCUT2D eigenvalue weighted by molar-refractivity contribution is -0.148. The van der Waals surface area contributed by atoms with E-state index in [1.807, 2.05) is 6.92 Å². The summed E-state index contributed by atoms with van der Waals surface area (Å²) >= 11 is 0. The lowest BCUT2D eigenvalue weighted by Gasteiger charge is -2.29. The number of carboxylic acids is 1. The predicted octanol–water partition coefficient (Wildman–Crippen LogP) is 1.31. The van der Waals surface area contributed by atoms with Crippen LogP contribution in [0.3, 0.4) is 0 Å². The van der Waals surface area contributed by atoms with Gasteiger partial charge in [0.1, 0.15) is 5.41 Å². The number of hydrogen-bond donors (Lipinski definition) is 2. The summed E-state index contributed by atoms with van der Waals surface area (Å²) in [4.78, 5) is 25.5. The molecule has 20 heavy (non-hydrogen) atoms. The summed E-state index contributed by atoms with van der Waals surface area (Å²) in [7, 11) is 0. The van der Waals surface area contributed by atoms with Gasteiger partial charge in [0.15, 0.2) is 0 Å². The van der Waals surface area contributed by atoms with Crippen LogP contribution in [0, 0.1) is 11.3 Å². The minimum atomic E-state index is -1.03. The van der Waals surface area contributed by atoms with Gasteiger partial charge in [0.05, 0.1) is 19.3 Å². The van der Waals surface area contributed by atoms with Crippen molar-refractivity contribution in [3.63, 3.8) is 0 Å². The molecule has 1 saturated carbocycles. The van der Waals surface area contributed by atoms with E-state index in [2.05, 4.69) is 5.32 Å². The minimum Gasteiger partial charge on any atom is -0.481 e. The largest absolute Gasteiger partial charge is 0.481 e. The zero-order valence-electron chi connectivity index (χ0n) is 12.2. The summed E-state index contributed by atoms with van der Waals surface area (Å²) in [5.41, 5.74) is -1.03. The second-order valence-corrected chi connectivity index (χ2v) is 6.13. The molecule has 2 amide bonds. The van der Waals surface area contributed by atoms with Crippen molar-refractivity contribution in [3.8, 4) is 0 Å². The van der Waals surface area contributed by atoms with Gasteiger partial charge in [-0.1, -0.05) is 6.92 Å². The highest BCUT2D eigenvalue weighted by molar-refractivity contribution is 5.79. The molecule has 1 heterocycles. The molecule has 1 aliphatic heterocycles. The molecule has 2 unspecified atom stereocenters. The third-order valence-corrected chi connectivity index (χ3v) is 4.20. The van der Waals surface area contributed by atoms with Crippen LogP contribution in [0.4, 0.5) is 4.79 Å². The Balaban J connectivity index is 1.95. The Morgan fingerprint density at radius 2 is 2.15 bits per heavy atom. The topological polar surface area (TPSA) is 78.9 Å². The third-order valence-electron chi connectivity index (χ3n) is 4.20. The molecule has 6 nitrogen and oxygen atoms in total. The average Bonchev–Trinajstić information content (AvgIpc) is 3.13. The summed E-state index contributed by atoms with van der Waals surface area (Å²) < 4.78 is 5.25. The van der Waals surface area contributed by atoms with Crippen molar-refractivity contribution in [2.45, 2.75) is 39.2 Å². The molecular weight excluding hydrogens is 260 g/mol. The van der Waals surface area contributed by atoms with Gasteiger partial charge in [0, 0.05) is 13.1 Å². The molecule has 1 aliphatic carbocycles. The number of carbonyl (C=O) groups excluding carboxylic acids is 1. The normalized spacial score (nSPS) is 29.2. The molecule has 114 valence electrons. The van der Waals surface area contributed by atoms with E-state index in [0.29, 0.717) is 12.5 Å². The second-order valence-electron chi connectivity index (χ2n) is 6.13. The van der Waals surface area contributed by atoms with E-state index in [9.17, 15) is 14.7 Å². The molecule has 0 aromatic heterocycles. The van der Waals surface area contributed by atoms with Crippen LogP contribution in [0.1, 0.15) is 33.1 Å². The Morgan fingerprint density at radius 1 is 1.45 bits per heavy atom. The van der Waals surface area contributed by atoms with Gasteiger partial charge in [-0.15, -0.1) is 0 Å². The van der Waals surface area contributed by atoms with Crippen molar-refractivity contribution < 1.29 is 19.4 Å². The maximum atomic E-state index is 12.3. The zero-order chi connectivity index (χ0) is 14.8. The first-order chi connectivity index (χ1) is 9.47. The molecule has 1 saturated heterocycles. The van der Waals surface area contributed by atoms with Crippen LogP contribution in [0.5, 0.6) is 0 Å². The number of amides is 2. The Kier molecular flexibility index (Phi) is 4.52. The minimum absolute atomic E-state index is 0.143. The molecule has 0 radical (unpaired) electrons. The number of rotatable bonds is 6. The number of ether oxygens (including phenoxy) is 1. The lowest BCUT2D eigenvalue weighted by atomic mass is 9.85. The van der Waals surface area contributed by atoms with Crippen molar-refractivity contribution in [1.82, 2.24) is 10.2 Å². The first-order valence-corrected chi connectivity index (χ1v) is 7.34. The number of nitrogens with zero attached hydrogens (tertiary/aromatic N) is 1. The van der Waals surface area contributed by atoms with Crippen LogP contribution >= 0.6 is 0 Å². The number of nitrogens with one attached hydrogen (secondary N) is 1. The van der Waals surface area contributed by atoms with Crippen molar-refractivity contribution in [3.05, 3.63) is 0 Å². The quantitative estimate of drug-likeness (QED) is 0.770. The summed E-state index contributed by atoms with van der Waals surface area (Å²) in [6, 6.07) is -0.632. The Hall–Kier alpha value is -1.30. The van der Waals surface area contributed by atoms with Crippen LogP contribution in [0.15, 0.2) is 0 Å². The molecular formula is C14H24N2O4. The maximum absolute atomic E-state index is 12.3. The lowest BCUT2D eigenvalue weighted by Crippen LogP contribution is -2.53. The highest BCUT2D eigenvalue weighted by Gasteiger charge is 2.47. The number of aliphatic carboxylic acids is 1. The van der Waals surface area contributed by atoms with Crippen LogP contribution in [-0.4, -0.2) is 54.4 Å². The molecule has 0 aromatic carbocycles. The molecule has 0 bridgehead atoms. The van der Waals surface area contributed by atoms with Crippen molar-refractivity contribution in [2.75, 3.05) is 26.3 Å². The Morgan fingerprint density at radius 3 is 2.70 bits per heavy atom. The number of carboxylic acid groups (broad SMARTS) is 1. The van der Waals surface area contributed by atoms with E-state index in [0.717, 1.165) is 13.0 Å². The molecule has 2 rings (SSSR count). The third kappa shape index (κ3) is 3.23. The van der Waals surface area contributed by atoms with Gasteiger partial charge in [-0.2, -0.15) is 0 Å². The zero-order valence-corrected chi connectivity index (χ0v) is 12.2. The average molecular weight is 284 g/mol. The van der Waals surface area contributed by atoms with E-state index >= 15 is 0 Å². The number of hydrogen-bond acceptors (Lipinski definition) is 3. The summed E-state index contributed by atoms with van der Waals surface area (Å²) in [5.74, 6) is -0.303. The molecule has 2 atom stereocenters. The van der Waals surface area contributed by atoms with Crippen LogP contribution in [0.25, 0.3) is 0 Å². The van der Waals surface area contributed by atoms with E-state index < -0.39 is 17.4 Å². The summed E-state index contributed by atoms with van der Waals surface area (Å²) in [6.45, 7) is 5.55. The van der Waals surface area contributed by atoms with Gasteiger partial charge < -0.3 is 20.1 Å². The highest BCUT2D eigenvalue weighted by atomic mass is 16.5. The molecule has 0 spiro atoms. The van der Waals surface area contributed by atoms with Gasteiger partial charge in [-0.05, 0) is 32.1 Å². The molecule has 2 fully saturated rings. The van der Waals surface area contributed by atoms with Gasteiger partial charge in [0.25, 0.3) is 0 Å². The molecule has 6 heteroatoms. The van der Waals surface area contributed by atoms with Crippen LogP contribution in [0.2, 0.25) is 0 Å². The molecule has 2 N–H and O–H groups in total. The van der Waals surface area contributed by atoms with Crippen LogP contribution < -0.4 is 5.32 Å². The van der Waals surface area contributed by atoms with Gasteiger partial charge in [-0.3, -0.25) is 4.79 Å². The van der Waals surface area contributed by atoms with Gasteiger partial charge in [-0.25, -0.2) is 4.79 Å². The number of carbonyl (C=O) groups is 2. The van der Waals surface area contributed by atoms with Crippen molar-refractivity contribution >= 4 is 12.0 Å². The standard InChI is InChI=1S/C14H24N2O4/c1-3-6-16(7-10-4-5-10)13(19)15-11-8-20-9-14(11,2)12(17)18/h10-11H,3-9H2,1-2H3,(H,15,19)(H,17,18). The van der Waals surface area contributed by atoms with E-state index in [-0.39, 0.29) is 19.2 Å². The van der Waals surface area contributed by atoms with Crippen molar-refractivity contribution in [2.24, 2.45) is 11.3 Å². The first kappa shape index (κ1) is 15.1. The van der Waals surface area contributed by atoms with Gasteiger partial charge in [0.2, 0.25) is 0 Å². The van der Waals surface area contributed by atoms with E-state index in [1.165, 1.54) is 12.8 Å². The SMILES string of the molecule is CCCN(CC1CC1)C(=O)NC1COCC1(C)C(=O)O. The van der Waals surface area contributed by atoms with E-state index in [4.69, 9.17) is 4.74 Å². The maximum Gasteiger partial charge on any atom is 0.317 e. The fraction of sp³-hybridized carbons (Fsp3) is 0.857. The summed E-state index contributed by atoms with van der Waals surface area (Å²) in [5, 5.41) is 12.2. The van der Waals surface area contributed by atoms with Crippen LogP contribution in [-0.2, 0) is 9.53 Å². The van der Waals surface area contributed by atoms with E-state index in [1.54, 1.807) is 11.8 Å². The fourth-order valence-corrected chi connectivity index (χ4v) is 2.48. The summed E-state index contributed by atoms with van der Waals surface area (Å²) in [6.07, 6.45) is 3.28. The van der Waals surface area contributed by atoms with Crippen molar-refractivity contribution in [1.29, 1.82) is 0 Å². The highest BCUT2D eigenvalue weighted by Crippen LogP contribution is 2.31. The second kappa shape index (κ2) is 5.99. The fourth-order valence-electron chi connectivity index (χ4n) is 2.48. The predicted molar refractivity (Wildman–Crippen MR) is 73.5 cm³/mol. The molecule has 0 aromatic rings. The Bertz CT molecular complexity index is 383. The monoisotopic (exact) mass is 284 g/mol. The van der Waals surface area contributed by atoms with Gasteiger partial charge >= 0.3 is 12.0 Å². The Labute approximate surface area is 119 Å². The molecule has 2 aliphatic rings. The number of urea groups is 1.